The summed E-state index contributed by atoms with van der Waals surface area (Å²) >= 11 is 0. The molecule has 3 aromatic heterocycles. The van der Waals surface area contributed by atoms with Crippen LogP contribution in [-0.2, 0) is 13.0 Å². The van der Waals surface area contributed by atoms with Crippen molar-refractivity contribution in [3.8, 4) is 11.4 Å². The Bertz CT molecular complexity index is 893. The van der Waals surface area contributed by atoms with E-state index in [9.17, 15) is 4.79 Å². The van der Waals surface area contributed by atoms with Gasteiger partial charge in [0.2, 0.25) is 0 Å². The number of aromatic nitrogens is 5. The zero-order valence-corrected chi connectivity index (χ0v) is 14.2. The molecule has 0 bridgehead atoms. The van der Waals surface area contributed by atoms with Crippen LogP contribution in [0.2, 0.25) is 0 Å². The number of rotatable bonds is 6. The van der Waals surface area contributed by atoms with Crippen LogP contribution in [0.15, 0.2) is 43.2 Å². The third kappa shape index (κ3) is 3.39. The van der Waals surface area contributed by atoms with Crippen LogP contribution in [0.25, 0.3) is 11.4 Å². The highest BCUT2D eigenvalue weighted by Gasteiger charge is 2.24. The van der Waals surface area contributed by atoms with E-state index in [-0.39, 0.29) is 5.91 Å². The lowest BCUT2D eigenvalue weighted by atomic mass is 10.1. The molecule has 1 aliphatic rings. The zero-order valence-electron chi connectivity index (χ0n) is 14.2. The predicted molar refractivity (Wildman–Crippen MR) is 96.6 cm³/mol. The molecule has 132 valence electrons. The first kappa shape index (κ1) is 16.2. The molecule has 3 aromatic rings. The Morgan fingerprint density at radius 1 is 1.23 bits per heavy atom. The molecule has 0 spiro atoms. The van der Waals surface area contributed by atoms with Crippen LogP contribution in [-0.4, -0.2) is 43.5 Å². The van der Waals surface area contributed by atoms with Gasteiger partial charge in [0, 0.05) is 55.5 Å². The molecule has 4 rings (SSSR count). The van der Waals surface area contributed by atoms with E-state index >= 15 is 0 Å². The van der Waals surface area contributed by atoms with E-state index in [0.29, 0.717) is 18.1 Å². The number of anilines is 1. The van der Waals surface area contributed by atoms with Gasteiger partial charge in [0.05, 0.1) is 6.33 Å². The molecule has 0 radical (unpaired) electrons. The van der Waals surface area contributed by atoms with Crippen molar-refractivity contribution in [1.29, 1.82) is 0 Å². The number of nitrogens with one attached hydrogen (secondary N) is 2. The van der Waals surface area contributed by atoms with Gasteiger partial charge in [0.25, 0.3) is 5.91 Å². The summed E-state index contributed by atoms with van der Waals surface area (Å²) in [5.74, 6) is 1.08. The SMILES string of the molecule is O=C1NCCc2c(NCCCn3ccnc3)nc(-c3cccnc3)nc21. The Balaban J connectivity index is 1.57. The molecule has 1 amide bonds. The van der Waals surface area contributed by atoms with Gasteiger partial charge in [-0.1, -0.05) is 0 Å². The van der Waals surface area contributed by atoms with E-state index in [1.807, 2.05) is 22.9 Å². The maximum absolute atomic E-state index is 12.3. The van der Waals surface area contributed by atoms with Crippen molar-refractivity contribution >= 4 is 11.7 Å². The zero-order chi connectivity index (χ0) is 17.8. The second-order valence-electron chi connectivity index (χ2n) is 6.05. The van der Waals surface area contributed by atoms with Gasteiger partial charge < -0.3 is 15.2 Å². The number of hydrogen-bond donors (Lipinski definition) is 2. The largest absolute Gasteiger partial charge is 0.370 e. The third-order valence-electron chi connectivity index (χ3n) is 4.25. The molecule has 8 nitrogen and oxygen atoms in total. The van der Waals surface area contributed by atoms with E-state index < -0.39 is 0 Å². The third-order valence-corrected chi connectivity index (χ3v) is 4.25. The van der Waals surface area contributed by atoms with Crippen molar-refractivity contribution in [3.63, 3.8) is 0 Å². The maximum Gasteiger partial charge on any atom is 0.270 e. The van der Waals surface area contributed by atoms with Gasteiger partial charge >= 0.3 is 0 Å². The second kappa shape index (κ2) is 7.30. The first-order valence-corrected chi connectivity index (χ1v) is 8.60. The van der Waals surface area contributed by atoms with Crippen molar-refractivity contribution in [2.24, 2.45) is 0 Å². The number of imidazole rings is 1. The monoisotopic (exact) mass is 349 g/mol. The number of hydrogen-bond acceptors (Lipinski definition) is 6. The molecule has 0 saturated carbocycles. The van der Waals surface area contributed by atoms with Crippen LogP contribution in [0, 0.1) is 0 Å². The number of aryl methyl sites for hydroxylation is 1. The van der Waals surface area contributed by atoms with Crippen LogP contribution < -0.4 is 10.6 Å². The van der Waals surface area contributed by atoms with Gasteiger partial charge in [0.1, 0.15) is 11.5 Å². The molecule has 4 heterocycles. The molecule has 0 saturated heterocycles. The second-order valence-corrected chi connectivity index (χ2v) is 6.05. The van der Waals surface area contributed by atoms with Crippen LogP contribution in [0.1, 0.15) is 22.5 Å². The molecule has 0 fully saturated rings. The van der Waals surface area contributed by atoms with Crippen molar-refractivity contribution in [2.45, 2.75) is 19.4 Å². The van der Waals surface area contributed by atoms with Crippen LogP contribution in [0.3, 0.4) is 0 Å². The Morgan fingerprint density at radius 3 is 3.00 bits per heavy atom. The van der Waals surface area contributed by atoms with Crippen molar-refractivity contribution < 1.29 is 4.79 Å². The Labute approximate surface area is 150 Å². The highest BCUT2D eigenvalue weighted by Crippen LogP contribution is 2.24. The molecular formula is C18H19N7O. The predicted octanol–water partition coefficient (Wildman–Crippen LogP) is 1.52. The molecule has 0 aromatic carbocycles. The topological polar surface area (TPSA) is 97.6 Å². The minimum atomic E-state index is -0.153. The molecule has 0 aliphatic carbocycles. The lowest BCUT2D eigenvalue weighted by Crippen LogP contribution is -2.34. The van der Waals surface area contributed by atoms with Crippen molar-refractivity contribution in [3.05, 3.63) is 54.5 Å². The quantitative estimate of drug-likeness (QED) is 0.655. The highest BCUT2D eigenvalue weighted by atomic mass is 16.1. The summed E-state index contributed by atoms with van der Waals surface area (Å²) in [6.45, 7) is 2.22. The average molecular weight is 349 g/mol. The average Bonchev–Trinajstić information content (AvgIpc) is 3.20. The van der Waals surface area contributed by atoms with Gasteiger partial charge in [-0.15, -0.1) is 0 Å². The molecule has 8 heteroatoms. The number of carbonyl (C=O) groups is 1. The molecule has 0 unspecified atom stereocenters. The summed E-state index contributed by atoms with van der Waals surface area (Å²) in [6.07, 6.45) is 10.6. The molecule has 2 N–H and O–H groups in total. The number of fused-ring (bicyclic) bond motifs is 1. The summed E-state index contributed by atoms with van der Waals surface area (Å²) in [4.78, 5) is 29.6. The van der Waals surface area contributed by atoms with Crippen molar-refractivity contribution in [2.75, 3.05) is 18.4 Å². The molecular weight excluding hydrogens is 330 g/mol. The fourth-order valence-corrected chi connectivity index (χ4v) is 2.95. The molecule has 26 heavy (non-hydrogen) atoms. The van der Waals surface area contributed by atoms with Gasteiger partial charge in [-0.25, -0.2) is 15.0 Å². The summed E-state index contributed by atoms with van der Waals surface area (Å²) in [5.41, 5.74) is 2.11. The van der Waals surface area contributed by atoms with E-state index in [2.05, 4.69) is 30.6 Å². The van der Waals surface area contributed by atoms with E-state index in [4.69, 9.17) is 0 Å². The highest BCUT2D eigenvalue weighted by molar-refractivity contribution is 5.96. The smallest absolute Gasteiger partial charge is 0.270 e. The Hall–Kier alpha value is -3.29. The lowest BCUT2D eigenvalue weighted by Gasteiger charge is -2.20. The number of carbonyl (C=O) groups excluding carboxylic acids is 1. The summed E-state index contributed by atoms with van der Waals surface area (Å²) in [7, 11) is 0. The number of amides is 1. The first-order chi connectivity index (χ1) is 12.8. The van der Waals surface area contributed by atoms with Crippen LogP contribution >= 0.6 is 0 Å². The van der Waals surface area contributed by atoms with Crippen molar-refractivity contribution in [1.82, 2.24) is 29.8 Å². The molecule has 1 aliphatic heterocycles. The summed E-state index contributed by atoms with van der Waals surface area (Å²) in [5, 5.41) is 6.23. The normalized spacial score (nSPS) is 13.2. The van der Waals surface area contributed by atoms with Crippen LogP contribution in [0.5, 0.6) is 0 Å². The fraction of sp³-hybridized carbons (Fsp3) is 0.278. The number of pyridine rings is 1. The number of nitrogens with zero attached hydrogens (tertiary/aromatic N) is 5. The van der Waals surface area contributed by atoms with E-state index in [1.165, 1.54) is 0 Å². The standard InChI is InChI=1S/C18H19N7O/c26-18-15-14(4-7-22-18)17(21-6-2-9-25-10-8-20-12-25)24-16(23-15)13-3-1-5-19-11-13/h1,3,5,8,10-12H,2,4,6-7,9H2,(H,22,26)(H,21,23,24). The minimum Gasteiger partial charge on any atom is -0.370 e. The first-order valence-electron chi connectivity index (χ1n) is 8.60. The van der Waals surface area contributed by atoms with Gasteiger partial charge in [-0.05, 0) is 25.0 Å². The van der Waals surface area contributed by atoms with E-state index in [0.717, 1.165) is 42.9 Å². The Kier molecular flexibility index (Phi) is 4.55. The Morgan fingerprint density at radius 2 is 2.19 bits per heavy atom. The lowest BCUT2D eigenvalue weighted by molar-refractivity contribution is 0.0940. The summed E-state index contributed by atoms with van der Waals surface area (Å²) < 4.78 is 2.03. The molecule has 0 atom stereocenters. The summed E-state index contributed by atoms with van der Waals surface area (Å²) in [6, 6.07) is 3.72. The van der Waals surface area contributed by atoms with E-state index in [1.54, 1.807) is 24.9 Å². The van der Waals surface area contributed by atoms with Gasteiger partial charge in [-0.2, -0.15) is 0 Å². The van der Waals surface area contributed by atoms with Gasteiger partial charge in [-0.3, -0.25) is 9.78 Å². The minimum absolute atomic E-state index is 0.153. The maximum atomic E-state index is 12.3. The fourth-order valence-electron chi connectivity index (χ4n) is 2.95. The van der Waals surface area contributed by atoms with Crippen LogP contribution in [0.4, 0.5) is 5.82 Å². The van der Waals surface area contributed by atoms with Gasteiger partial charge in [0.15, 0.2) is 5.82 Å².